The van der Waals surface area contributed by atoms with Gasteiger partial charge >= 0.3 is 0 Å². The fourth-order valence-corrected chi connectivity index (χ4v) is 0.499. The minimum Gasteiger partial charge on any atom is -0.359 e. The first-order chi connectivity index (χ1) is 4.04. The predicted molar refractivity (Wildman–Crippen MR) is 51.6 cm³/mol. The van der Waals surface area contributed by atoms with Crippen LogP contribution < -0.4 is 5.32 Å². The zero-order valence-corrected chi connectivity index (χ0v) is 6.62. The molecule has 0 aliphatic rings. The fraction of sp³-hybridized carbons (Fsp3) is 0.889. The highest BCUT2D eigenvalue weighted by atomic mass is 16.2. The van der Waals surface area contributed by atoms with E-state index in [9.17, 15) is 4.79 Å². The van der Waals surface area contributed by atoms with Gasteiger partial charge in [-0.05, 0) is 6.42 Å². The van der Waals surface area contributed by atoms with Crippen LogP contribution in [-0.4, -0.2) is 13.0 Å². The van der Waals surface area contributed by atoms with Gasteiger partial charge in [0.25, 0.3) is 0 Å². The van der Waals surface area contributed by atoms with E-state index in [0.29, 0.717) is 0 Å². The molecule has 0 aromatic rings. The molecular formula is C9H23NO. The molecule has 0 spiro atoms. The maximum atomic E-state index is 11.0. The van der Waals surface area contributed by atoms with Crippen LogP contribution in [0.2, 0.25) is 0 Å². The number of carbonyl (C=O) groups is 1. The van der Waals surface area contributed by atoms with Crippen molar-refractivity contribution in [3.63, 3.8) is 0 Å². The molecule has 0 radical (unpaired) electrons. The third-order valence-electron chi connectivity index (χ3n) is 1.73. The Balaban J connectivity index is -0.000000320. The molecule has 0 heterocycles. The van der Waals surface area contributed by atoms with Crippen molar-refractivity contribution in [2.75, 3.05) is 7.05 Å². The number of hydrogen-bond donors (Lipinski definition) is 1. The van der Waals surface area contributed by atoms with Gasteiger partial charge in [-0.15, -0.1) is 0 Å². The van der Waals surface area contributed by atoms with E-state index in [2.05, 4.69) is 5.32 Å². The van der Waals surface area contributed by atoms with Gasteiger partial charge in [-0.1, -0.05) is 35.6 Å². The van der Waals surface area contributed by atoms with Crippen molar-refractivity contribution in [2.45, 2.75) is 42.0 Å². The summed E-state index contributed by atoms with van der Waals surface area (Å²) in [6.45, 7) is 5.88. The molecule has 0 unspecified atom stereocenters. The van der Waals surface area contributed by atoms with Crippen LogP contribution in [0.3, 0.4) is 0 Å². The summed E-state index contributed by atoms with van der Waals surface area (Å²) >= 11 is 0. The number of carbonyl (C=O) groups excluding carboxylic acids is 1. The smallest absolute Gasteiger partial charge is 0.225 e. The average Bonchev–Trinajstić information content (AvgIpc) is 1.86. The summed E-state index contributed by atoms with van der Waals surface area (Å²) in [7, 11) is 1.67. The van der Waals surface area contributed by atoms with Crippen molar-refractivity contribution >= 4 is 5.91 Å². The van der Waals surface area contributed by atoms with Gasteiger partial charge in [0, 0.05) is 12.5 Å². The van der Waals surface area contributed by atoms with Gasteiger partial charge in [-0.3, -0.25) is 4.79 Å². The lowest BCUT2D eigenvalue weighted by atomic mass is 9.89. The molecule has 0 aliphatic carbocycles. The number of amides is 1. The standard InChI is InChI=1S/C7H15NO.2CH4/c1-5-7(2,3)6(9)8-4;;/h5H2,1-4H3,(H,8,9);2*1H4. The molecule has 1 amide bonds. The van der Waals surface area contributed by atoms with Gasteiger partial charge in [-0.25, -0.2) is 0 Å². The summed E-state index contributed by atoms with van der Waals surface area (Å²) < 4.78 is 0. The molecule has 0 atom stereocenters. The third-order valence-corrected chi connectivity index (χ3v) is 1.73. The van der Waals surface area contributed by atoms with Crippen LogP contribution >= 0.6 is 0 Å². The zero-order valence-electron chi connectivity index (χ0n) is 6.62. The SMILES string of the molecule is C.C.CCC(C)(C)C(=O)NC. The van der Waals surface area contributed by atoms with Gasteiger partial charge in [0.15, 0.2) is 0 Å². The van der Waals surface area contributed by atoms with Crippen molar-refractivity contribution in [1.29, 1.82) is 0 Å². The molecule has 0 aliphatic heterocycles. The Hall–Kier alpha value is -0.530. The van der Waals surface area contributed by atoms with Gasteiger partial charge in [-0.2, -0.15) is 0 Å². The van der Waals surface area contributed by atoms with E-state index in [4.69, 9.17) is 0 Å². The molecule has 0 aromatic carbocycles. The Morgan fingerprint density at radius 3 is 1.82 bits per heavy atom. The molecule has 0 bridgehead atoms. The quantitative estimate of drug-likeness (QED) is 0.662. The van der Waals surface area contributed by atoms with E-state index in [0.717, 1.165) is 6.42 Å². The topological polar surface area (TPSA) is 29.1 Å². The molecule has 0 aromatic heterocycles. The first-order valence-corrected chi connectivity index (χ1v) is 3.26. The van der Waals surface area contributed by atoms with Crippen molar-refractivity contribution in [3.05, 3.63) is 0 Å². The molecule has 11 heavy (non-hydrogen) atoms. The van der Waals surface area contributed by atoms with E-state index in [1.165, 1.54) is 0 Å². The third kappa shape index (κ3) is 4.82. The Morgan fingerprint density at radius 1 is 1.36 bits per heavy atom. The summed E-state index contributed by atoms with van der Waals surface area (Å²) in [4.78, 5) is 11.0. The van der Waals surface area contributed by atoms with Crippen LogP contribution in [0.4, 0.5) is 0 Å². The number of rotatable bonds is 2. The van der Waals surface area contributed by atoms with E-state index >= 15 is 0 Å². The number of hydrogen-bond acceptors (Lipinski definition) is 1. The zero-order chi connectivity index (χ0) is 7.49. The van der Waals surface area contributed by atoms with E-state index in [1.54, 1.807) is 7.05 Å². The lowest BCUT2D eigenvalue weighted by Crippen LogP contribution is -2.33. The highest BCUT2D eigenvalue weighted by molar-refractivity contribution is 5.81. The van der Waals surface area contributed by atoms with Crippen LogP contribution in [0.15, 0.2) is 0 Å². The predicted octanol–water partition coefficient (Wildman–Crippen LogP) is 2.44. The number of nitrogens with one attached hydrogen (secondary N) is 1. The molecular weight excluding hydrogens is 138 g/mol. The maximum absolute atomic E-state index is 11.0. The van der Waals surface area contributed by atoms with Gasteiger partial charge in [0.2, 0.25) is 5.91 Å². The summed E-state index contributed by atoms with van der Waals surface area (Å²) in [5.74, 6) is 0.116. The lowest BCUT2D eigenvalue weighted by molar-refractivity contribution is -0.128. The minimum absolute atomic E-state index is 0. The molecule has 2 nitrogen and oxygen atoms in total. The van der Waals surface area contributed by atoms with E-state index in [-0.39, 0.29) is 26.2 Å². The Bertz CT molecular complexity index is 108. The Kier molecular flexibility index (Phi) is 9.48. The normalized spacial score (nSPS) is 9.09. The largest absolute Gasteiger partial charge is 0.359 e. The first-order valence-electron chi connectivity index (χ1n) is 3.26. The summed E-state index contributed by atoms with van der Waals surface area (Å²) in [5, 5.41) is 2.62. The minimum atomic E-state index is -0.200. The summed E-state index contributed by atoms with van der Waals surface area (Å²) in [6, 6.07) is 0. The lowest BCUT2D eigenvalue weighted by Gasteiger charge is -2.19. The second-order valence-electron chi connectivity index (χ2n) is 2.82. The van der Waals surface area contributed by atoms with Crippen molar-refractivity contribution in [1.82, 2.24) is 5.32 Å². The Morgan fingerprint density at radius 2 is 1.73 bits per heavy atom. The molecule has 0 saturated carbocycles. The first kappa shape index (κ1) is 16.8. The van der Waals surface area contributed by atoms with Crippen molar-refractivity contribution < 1.29 is 4.79 Å². The van der Waals surface area contributed by atoms with E-state index in [1.807, 2.05) is 20.8 Å². The van der Waals surface area contributed by atoms with Crippen LogP contribution in [0.5, 0.6) is 0 Å². The van der Waals surface area contributed by atoms with Crippen LogP contribution in [0.25, 0.3) is 0 Å². The monoisotopic (exact) mass is 161 g/mol. The summed E-state index contributed by atoms with van der Waals surface area (Å²) in [6.07, 6.45) is 0.882. The van der Waals surface area contributed by atoms with Crippen molar-refractivity contribution in [2.24, 2.45) is 5.41 Å². The second-order valence-corrected chi connectivity index (χ2v) is 2.82. The molecule has 0 rings (SSSR count). The fourth-order valence-electron chi connectivity index (χ4n) is 0.499. The highest BCUT2D eigenvalue weighted by Crippen LogP contribution is 2.18. The van der Waals surface area contributed by atoms with Gasteiger partial charge < -0.3 is 5.32 Å². The van der Waals surface area contributed by atoms with Gasteiger partial charge in [0.1, 0.15) is 0 Å². The molecule has 2 heteroatoms. The highest BCUT2D eigenvalue weighted by Gasteiger charge is 2.23. The maximum Gasteiger partial charge on any atom is 0.225 e. The molecule has 70 valence electrons. The van der Waals surface area contributed by atoms with Crippen LogP contribution in [0, 0.1) is 5.41 Å². The second kappa shape index (κ2) is 6.20. The molecule has 0 saturated heterocycles. The summed E-state index contributed by atoms with van der Waals surface area (Å²) in [5.41, 5.74) is -0.200. The van der Waals surface area contributed by atoms with Gasteiger partial charge in [0.05, 0.1) is 0 Å². The average molecular weight is 161 g/mol. The van der Waals surface area contributed by atoms with E-state index < -0.39 is 0 Å². The Labute approximate surface area is 71.4 Å². The molecule has 1 N–H and O–H groups in total. The van der Waals surface area contributed by atoms with Crippen LogP contribution in [0.1, 0.15) is 42.0 Å². The molecule has 0 fully saturated rings. The van der Waals surface area contributed by atoms with Crippen LogP contribution in [-0.2, 0) is 4.79 Å². The van der Waals surface area contributed by atoms with Crippen molar-refractivity contribution in [3.8, 4) is 0 Å².